The van der Waals surface area contributed by atoms with Gasteiger partial charge in [0.25, 0.3) is 0 Å². The molecule has 0 amide bonds. The molecule has 1 aromatic rings. The van der Waals surface area contributed by atoms with E-state index in [1.807, 2.05) is 0 Å². The van der Waals surface area contributed by atoms with E-state index in [1.165, 1.54) is 56.6 Å². The summed E-state index contributed by atoms with van der Waals surface area (Å²) in [5.74, 6) is 1.52. The van der Waals surface area contributed by atoms with E-state index in [-0.39, 0.29) is 0 Å². The van der Waals surface area contributed by atoms with Crippen molar-refractivity contribution in [2.24, 2.45) is 5.92 Å². The van der Waals surface area contributed by atoms with Crippen LogP contribution in [-0.4, -0.2) is 31.1 Å². The molecule has 1 N–H and O–H groups in total. The van der Waals surface area contributed by atoms with Gasteiger partial charge in [0.05, 0.1) is 0 Å². The molecule has 1 heterocycles. The third-order valence-electron chi connectivity index (χ3n) is 4.62. The molecule has 0 aromatic heterocycles. The Bertz CT molecular complexity index is 389. The van der Waals surface area contributed by atoms with Crippen molar-refractivity contribution in [1.82, 2.24) is 10.2 Å². The molecule has 118 valence electrons. The van der Waals surface area contributed by atoms with Crippen LogP contribution in [0, 0.1) is 5.92 Å². The summed E-state index contributed by atoms with van der Waals surface area (Å²) in [6.07, 6.45) is 3.94. The van der Waals surface area contributed by atoms with Crippen molar-refractivity contribution in [3.63, 3.8) is 0 Å². The summed E-state index contributed by atoms with van der Waals surface area (Å²) in [6.45, 7) is 12.8. The second kappa shape index (κ2) is 8.55. The Labute approximate surface area is 130 Å². The third kappa shape index (κ3) is 5.44. The largest absolute Gasteiger partial charge is 0.316 e. The maximum atomic E-state index is 3.57. The Morgan fingerprint density at radius 2 is 1.81 bits per heavy atom. The smallest absolute Gasteiger partial charge is 0.0233 e. The molecule has 1 aliphatic rings. The van der Waals surface area contributed by atoms with E-state index in [9.17, 15) is 0 Å². The average molecular weight is 288 g/mol. The standard InChI is InChI=1S/C19H32N2/c1-4-11-20-14-17-9-12-21(13-10-17)15-18-5-7-19(8-6-18)16(2)3/h5-8,16-17,20H,4,9-15H2,1-3H3. The van der Waals surface area contributed by atoms with Crippen LogP contribution in [0.4, 0.5) is 0 Å². The van der Waals surface area contributed by atoms with E-state index in [1.54, 1.807) is 0 Å². The Kier molecular flexibility index (Phi) is 6.72. The molecule has 1 aliphatic heterocycles. The van der Waals surface area contributed by atoms with Crippen molar-refractivity contribution in [3.8, 4) is 0 Å². The number of hydrogen-bond donors (Lipinski definition) is 1. The minimum atomic E-state index is 0.630. The molecule has 0 saturated carbocycles. The number of hydrogen-bond acceptors (Lipinski definition) is 2. The molecule has 0 unspecified atom stereocenters. The molecule has 2 rings (SSSR count). The molecule has 0 radical (unpaired) electrons. The summed E-state index contributed by atoms with van der Waals surface area (Å²) >= 11 is 0. The molecule has 1 aromatic carbocycles. The predicted octanol–water partition coefficient (Wildman–Crippen LogP) is 4.02. The van der Waals surface area contributed by atoms with Crippen molar-refractivity contribution in [3.05, 3.63) is 35.4 Å². The SMILES string of the molecule is CCCNCC1CCN(Cc2ccc(C(C)C)cc2)CC1. The van der Waals surface area contributed by atoms with Crippen LogP contribution in [0.5, 0.6) is 0 Å². The zero-order valence-corrected chi connectivity index (χ0v) is 14.1. The lowest BCUT2D eigenvalue weighted by molar-refractivity contribution is 0.175. The van der Waals surface area contributed by atoms with Crippen molar-refractivity contribution >= 4 is 0 Å². The van der Waals surface area contributed by atoms with Gasteiger partial charge in [-0.3, -0.25) is 4.90 Å². The predicted molar refractivity (Wildman–Crippen MR) is 91.7 cm³/mol. The average Bonchev–Trinajstić information content (AvgIpc) is 2.50. The fourth-order valence-corrected chi connectivity index (χ4v) is 3.10. The maximum absolute atomic E-state index is 3.57. The van der Waals surface area contributed by atoms with E-state index < -0.39 is 0 Å². The van der Waals surface area contributed by atoms with Gasteiger partial charge in [0.1, 0.15) is 0 Å². The Morgan fingerprint density at radius 1 is 1.14 bits per heavy atom. The highest BCUT2D eigenvalue weighted by Gasteiger charge is 2.18. The minimum Gasteiger partial charge on any atom is -0.316 e. The first-order valence-corrected chi connectivity index (χ1v) is 8.71. The fourth-order valence-electron chi connectivity index (χ4n) is 3.10. The van der Waals surface area contributed by atoms with Crippen molar-refractivity contribution in [2.45, 2.75) is 52.5 Å². The van der Waals surface area contributed by atoms with Gasteiger partial charge in [-0.05, 0) is 68.4 Å². The van der Waals surface area contributed by atoms with Crippen LogP contribution in [0.3, 0.4) is 0 Å². The molecule has 0 bridgehead atoms. The van der Waals surface area contributed by atoms with Crippen LogP contribution in [0.25, 0.3) is 0 Å². The molecule has 21 heavy (non-hydrogen) atoms. The van der Waals surface area contributed by atoms with Gasteiger partial charge < -0.3 is 5.32 Å². The lowest BCUT2D eigenvalue weighted by atomic mass is 9.96. The quantitative estimate of drug-likeness (QED) is 0.762. The minimum absolute atomic E-state index is 0.630. The number of nitrogens with one attached hydrogen (secondary N) is 1. The Balaban J connectivity index is 1.73. The lowest BCUT2D eigenvalue weighted by Crippen LogP contribution is -2.37. The summed E-state index contributed by atoms with van der Waals surface area (Å²) in [5, 5.41) is 3.57. The number of nitrogens with zero attached hydrogens (tertiary/aromatic N) is 1. The first-order valence-electron chi connectivity index (χ1n) is 8.71. The van der Waals surface area contributed by atoms with E-state index in [2.05, 4.69) is 55.3 Å². The first kappa shape index (κ1) is 16.5. The zero-order chi connectivity index (χ0) is 15.1. The van der Waals surface area contributed by atoms with Gasteiger partial charge in [-0.2, -0.15) is 0 Å². The molecule has 1 saturated heterocycles. The lowest BCUT2D eigenvalue weighted by Gasteiger charge is -2.32. The Hall–Kier alpha value is -0.860. The third-order valence-corrected chi connectivity index (χ3v) is 4.62. The summed E-state index contributed by atoms with van der Waals surface area (Å²) < 4.78 is 0. The number of benzene rings is 1. The second-order valence-electron chi connectivity index (χ2n) is 6.82. The highest BCUT2D eigenvalue weighted by molar-refractivity contribution is 5.24. The fraction of sp³-hybridized carbons (Fsp3) is 0.684. The highest BCUT2D eigenvalue weighted by atomic mass is 15.1. The van der Waals surface area contributed by atoms with Crippen LogP contribution in [0.1, 0.15) is 57.1 Å². The summed E-state index contributed by atoms with van der Waals surface area (Å²) in [6, 6.07) is 9.21. The van der Waals surface area contributed by atoms with Crippen LogP contribution in [0.2, 0.25) is 0 Å². The van der Waals surface area contributed by atoms with Gasteiger partial charge in [0.15, 0.2) is 0 Å². The van der Waals surface area contributed by atoms with Gasteiger partial charge in [-0.15, -0.1) is 0 Å². The molecule has 0 atom stereocenters. The van der Waals surface area contributed by atoms with Crippen molar-refractivity contribution in [2.75, 3.05) is 26.2 Å². The maximum Gasteiger partial charge on any atom is 0.0233 e. The number of rotatable bonds is 7. The van der Waals surface area contributed by atoms with Crippen molar-refractivity contribution < 1.29 is 0 Å². The van der Waals surface area contributed by atoms with Gasteiger partial charge in [0, 0.05) is 6.54 Å². The zero-order valence-electron chi connectivity index (χ0n) is 14.1. The molecule has 1 fully saturated rings. The molecule has 0 spiro atoms. The normalized spacial score (nSPS) is 17.5. The Morgan fingerprint density at radius 3 is 2.38 bits per heavy atom. The van der Waals surface area contributed by atoms with E-state index >= 15 is 0 Å². The number of likely N-dealkylation sites (tertiary alicyclic amines) is 1. The van der Waals surface area contributed by atoms with Crippen LogP contribution in [-0.2, 0) is 6.54 Å². The topological polar surface area (TPSA) is 15.3 Å². The molecular weight excluding hydrogens is 256 g/mol. The molecular formula is C19H32N2. The summed E-state index contributed by atoms with van der Waals surface area (Å²) in [4.78, 5) is 2.61. The van der Waals surface area contributed by atoms with Gasteiger partial charge in [0.2, 0.25) is 0 Å². The van der Waals surface area contributed by atoms with Crippen LogP contribution < -0.4 is 5.32 Å². The monoisotopic (exact) mass is 288 g/mol. The van der Waals surface area contributed by atoms with Gasteiger partial charge in [-0.1, -0.05) is 45.0 Å². The molecule has 2 heteroatoms. The van der Waals surface area contributed by atoms with E-state index in [4.69, 9.17) is 0 Å². The van der Waals surface area contributed by atoms with Gasteiger partial charge >= 0.3 is 0 Å². The summed E-state index contributed by atoms with van der Waals surface area (Å²) in [7, 11) is 0. The van der Waals surface area contributed by atoms with Gasteiger partial charge in [-0.25, -0.2) is 0 Å². The van der Waals surface area contributed by atoms with Crippen molar-refractivity contribution in [1.29, 1.82) is 0 Å². The molecule has 2 nitrogen and oxygen atoms in total. The number of piperidine rings is 1. The van der Waals surface area contributed by atoms with Crippen LogP contribution >= 0.6 is 0 Å². The second-order valence-corrected chi connectivity index (χ2v) is 6.82. The first-order chi connectivity index (χ1) is 10.2. The van der Waals surface area contributed by atoms with Crippen LogP contribution in [0.15, 0.2) is 24.3 Å². The van der Waals surface area contributed by atoms with E-state index in [0.717, 1.165) is 12.5 Å². The summed E-state index contributed by atoms with van der Waals surface area (Å²) in [5.41, 5.74) is 2.90. The highest BCUT2D eigenvalue weighted by Crippen LogP contribution is 2.20. The molecule has 0 aliphatic carbocycles. The van der Waals surface area contributed by atoms with E-state index in [0.29, 0.717) is 5.92 Å².